The molecule has 18 unspecified atom stereocenters. The van der Waals surface area contributed by atoms with Crippen LogP contribution in [0.15, 0.2) is 24.3 Å². The lowest BCUT2D eigenvalue weighted by Gasteiger charge is -2.50. The van der Waals surface area contributed by atoms with Gasteiger partial charge in [-0.25, -0.2) is 4.79 Å². The van der Waals surface area contributed by atoms with Gasteiger partial charge < -0.3 is 100 Å². The Balaban J connectivity index is 1.47. The van der Waals surface area contributed by atoms with Crippen LogP contribution in [-0.2, 0) is 42.8 Å². The number of carbonyl (C=O) groups excluding carboxylic acids is 2. The average Bonchev–Trinajstić information content (AvgIpc) is 0.752. The topological polar surface area (TPSA) is 373 Å². The molecule has 0 aromatic rings. The summed E-state index contributed by atoms with van der Waals surface area (Å²) in [6.07, 6.45) is 41.7. The fraction of sp³-hybridized carbons (Fsp3) is 0.917. The number of carboxylic acid groups (broad SMARTS) is 1. The number of hydrogen-bond acceptors (Lipinski definition) is 20. The molecule has 3 heterocycles. The number of unbranched alkanes of at least 4 members (excludes halogenated alkanes) is 45. The number of aliphatic hydroxyl groups excluding tert-OH is 11. The molecule has 0 aliphatic carbocycles. The number of carboxylic acids is 1. The van der Waals surface area contributed by atoms with E-state index in [2.05, 4.69) is 48.8 Å². The van der Waals surface area contributed by atoms with Gasteiger partial charge in [0, 0.05) is 19.8 Å². The molecule has 3 rings (SSSR count). The number of hydrogen-bond donors (Lipinski definition) is 14. The Labute approximate surface area is 644 Å². The summed E-state index contributed by atoms with van der Waals surface area (Å²) in [7, 11) is 0. The van der Waals surface area contributed by atoms with E-state index in [1.165, 1.54) is 244 Å². The minimum absolute atomic E-state index is 0.225. The van der Waals surface area contributed by atoms with Crippen LogP contribution < -0.4 is 10.6 Å². The van der Waals surface area contributed by atoms with E-state index in [0.29, 0.717) is 19.3 Å². The standard InChI is InChI=1S/C84H156N2O21/c1-4-6-8-10-12-14-16-18-20-22-24-26-28-29-30-31-32-33-34-35-36-38-40-42-44-46-48-50-52-54-56-58-71(94)86-65(66(91)57-55-53-51-49-47-45-43-41-39-37-27-25-23-21-19-17-15-13-11-9-7-5-2)63-102-81-76(98)75(97)78(70(62-89)104-81)105-82-77(99)80(74(96)69(61-88)103-82)107-84(83(100)101)59-67(92)72(85-64(3)90)79(106-84)73(95)68(93)60-87/h24,26,29-30,65-70,72-82,87-89,91-93,95-99H,4-23,25,27-28,31-63H2,1-3H3,(H,85,90)(H,86,94)(H,100,101)/b26-24-,30-29-. The highest BCUT2D eigenvalue weighted by atomic mass is 16.8. The number of carbonyl (C=O) groups is 3. The lowest BCUT2D eigenvalue weighted by atomic mass is 9.88. The zero-order valence-corrected chi connectivity index (χ0v) is 66.8. The molecule has 23 heteroatoms. The van der Waals surface area contributed by atoms with Gasteiger partial charge in [0.25, 0.3) is 5.79 Å². The maximum atomic E-state index is 13.6. The van der Waals surface area contributed by atoms with Crippen molar-refractivity contribution in [2.75, 3.05) is 26.4 Å². The Kier molecular flexibility index (Phi) is 57.6. The van der Waals surface area contributed by atoms with Crippen molar-refractivity contribution in [3.63, 3.8) is 0 Å². The highest BCUT2D eigenvalue weighted by Gasteiger charge is 2.60. The van der Waals surface area contributed by atoms with Crippen LogP contribution in [0.2, 0.25) is 0 Å². The minimum atomic E-state index is -3.08. The molecule has 3 saturated heterocycles. The third-order valence-electron chi connectivity index (χ3n) is 21.9. The van der Waals surface area contributed by atoms with Crippen molar-refractivity contribution >= 4 is 17.8 Å². The van der Waals surface area contributed by atoms with Gasteiger partial charge in [-0.1, -0.05) is 314 Å². The van der Waals surface area contributed by atoms with Crippen LogP contribution in [0.25, 0.3) is 0 Å². The van der Waals surface area contributed by atoms with Crippen molar-refractivity contribution in [2.45, 2.75) is 464 Å². The highest BCUT2D eigenvalue weighted by molar-refractivity contribution is 5.77. The normalized spacial score (nSPS) is 26.1. The van der Waals surface area contributed by atoms with E-state index in [4.69, 9.17) is 28.4 Å². The molecule has 0 saturated carbocycles. The van der Waals surface area contributed by atoms with Crippen LogP contribution >= 0.6 is 0 Å². The fourth-order valence-corrected chi connectivity index (χ4v) is 15.1. The Bertz CT molecular complexity index is 2220. The van der Waals surface area contributed by atoms with E-state index in [-0.39, 0.29) is 18.9 Å². The second-order valence-electron chi connectivity index (χ2n) is 31.4. The van der Waals surface area contributed by atoms with E-state index in [9.17, 15) is 75.7 Å². The van der Waals surface area contributed by atoms with Gasteiger partial charge >= 0.3 is 5.97 Å². The predicted molar refractivity (Wildman–Crippen MR) is 417 cm³/mol. The number of aliphatic carboxylic acids is 1. The van der Waals surface area contributed by atoms with Crippen LogP contribution in [0.1, 0.15) is 355 Å². The number of allylic oxidation sites excluding steroid dienone is 4. The molecule has 3 aliphatic rings. The van der Waals surface area contributed by atoms with Crippen molar-refractivity contribution in [3.8, 4) is 0 Å². The third kappa shape index (κ3) is 42.2. The molecule has 0 spiro atoms. The molecule has 3 fully saturated rings. The molecule has 14 N–H and O–H groups in total. The molecule has 0 radical (unpaired) electrons. The molecule has 0 bridgehead atoms. The van der Waals surface area contributed by atoms with E-state index < -0.39 is 148 Å². The first kappa shape index (κ1) is 98.4. The lowest BCUT2D eigenvalue weighted by molar-refractivity contribution is -0.386. The smallest absolute Gasteiger partial charge is 0.364 e. The van der Waals surface area contributed by atoms with Crippen LogP contribution in [0.3, 0.4) is 0 Å². The SMILES string of the molecule is CCCCCCCCCCC/C=C\C/C=C\CCCCCCCCCCCCCCCCCC(=O)NC(COC1OC(CO)C(OC2OC(CO)C(O)C(OC3(C(=O)O)CC(O)C(NC(C)=O)C(C(O)C(O)CO)O3)C2O)C(O)C1O)C(O)CCCCCCCCCCCCCCCCCCCCCCCC. The van der Waals surface area contributed by atoms with Gasteiger partial charge in [0.1, 0.15) is 67.1 Å². The van der Waals surface area contributed by atoms with Crippen molar-refractivity contribution in [2.24, 2.45) is 0 Å². The molecule has 0 aromatic heterocycles. The number of nitrogens with one attached hydrogen (secondary N) is 2. The van der Waals surface area contributed by atoms with Gasteiger partial charge in [-0.3, -0.25) is 9.59 Å². The first-order valence-electron chi connectivity index (χ1n) is 43.2. The van der Waals surface area contributed by atoms with E-state index in [0.717, 1.165) is 64.7 Å². The monoisotopic (exact) mass is 1530 g/mol. The highest BCUT2D eigenvalue weighted by Crippen LogP contribution is 2.39. The summed E-state index contributed by atoms with van der Waals surface area (Å²) in [5.41, 5.74) is 0. The van der Waals surface area contributed by atoms with Crippen LogP contribution in [0, 0.1) is 0 Å². The molecular weight excluding hydrogens is 1370 g/mol. The van der Waals surface area contributed by atoms with Gasteiger partial charge in [-0.15, -0.1) is 0 Å². The van der Waals surface area contributed by atoms with E-state index >= 15 is 0 Å². The van der Waals surface area contributed by atoms with Crippen molar-refractivity contribution < 1.29 is 104 Å². The first-order valence-corrected chi connectivity index (χ1v) is 43.2. The fourth-order valence-electron chi connectivity index (χ4n) is 15.1. The summed E-state index contributed by atoms with van der Waals surface area (Å²) in [5.74, 6) is -6.09. The predicted octanol–water partition coefficient (Wildman–Crippen LogP) is 12.7. The van der Waals surface area contributed by atoms with Gasteiger partial charge in [-0.2, -0.15) is 0 Å². The lowest BCUT2D eigenvalue weighted by Crippen LogP contribution is -2.70. The van der Waals surface area contributed by atoms with Crippen molar-refractivity contribution in [1.29, 1.82) is 0 Å². The quantitative estimate of drug-likeness (QED) is 0.0199. The Hall–Kier alpha value is -2.79. The van der Waals surface area contributed by atoms with Crippen LogP contribution in [-0.4, -0.2) is 215 Å². The molecule has 628 valence electrons. The number of rotatable bonds is 69. The molecule has 3 aliphatic heterocycles. The maximum Gasteiger partial charge on any atom is 0.364 e. The Morgan fingerprint density at radius 3 is 1.31 bits per heavy atom. The maximum absolute atomic E-state index is 13.6. The van der Waals surface area contributed by atoms with Crippen molar-refractivity contribution in [3.05, 3.63) is 24.3 Å². The number of aliphatic hydroxyl groups is 11. The Morgan fingerprint density at radius 2 is 0.897 bits per heavy atom. The second kappa shape index (κ2) is 62.6. The summed E-state index contributed by atoms with van der Waals surface area (Å²) in [5, 5.41) is 137. The summed E-state index contributed by atoms with van der Waals surface area (Å²) in [6.45, 7) is 2.27. The van der Waals surface area contributed by atoms with Gasteiger partial charge in [0.2, 0.25) is 11.8 Å². The molecule has 23 nitrogen and oxygen atoms in total. The molecular formula is C84H156N2O21. The zero-order chi connectivity index (χ0) is 78.1. The van der Waals surface area contributed by atoms with Gasteiger partial charge in [0.05, 0.1) is 50.7 Å². The molecule has 107 heavy (non-hydrogen) atoms. The van der Waals surface area contributed by atoms with Gasteiger partial charge in [0.15, 0.2) is 12.6 Å². The first-order chi connectivity index (χ1) is 51.9. The van der Waals surface area contributed by atoms with Crippen LogP contribution in [0.5, 0.6) is 0 Å². The van der Waals surface area contributed by atoms with Gasteiger partial charge in [-0.05, 0) is 44.9 Å². The Morgan fingerprint density at radius 1 is 0.486 bits per heavy atom. The second-order valence-corrected chi connectivity index (χ2v) is 31.4. The average molecular weight is 1530 g/mol. The molecule has 2 amide bonds. The third-order valence-corrected chi connectivity index (χ3v) is 21.9. The van der Waals surface area contributed by atoms with E-state index in [1.54, 1.807) is 0 Å². The largest absolute Gasteiger partial charge is 0.477 e. The van der Waals surface area contributed by atoms with E-state index in [1.807, 2.05) is 0 Å². The summed E-state index contributed by atoms with van der Waals surface area (Å²) in [4.78, 5) is 38.8. The molecule has 18 atom stereocenters. The molecule has 0 aromatic carbocycles. The summed E-state index contributed by atoms with van der Waals surface area (Å²) in [6, 6.07) is -2.53. The summed E-state index contributed by atoms with van der Waals surface area (Å²) >= 11 is 0. The zero-order valence-electron chi connectivity index (χ0n) is 66.8. The van der Waals surface area contributed by atoms with Crippen LogP contribution in [0.4, 0.5) is 0 Å². The number of ether oxygens (including phenoxy) is 6. The number of amides is 2. The van der Waals surface area contributed by atoms with Crippen molar-refractivity contribution in [1.82, 2.24) is 10.6 Å². The summed E-state index contributed by atoms with van der Waals surface area (Å²) < 4.78 is 35.0. The minimum Gasteiger partial charge on any atom is -0.477 e.